The average molecular weight is 243 g/mol. The molecule has 96 valence electrons. The molecule has 1 aromatic rings. The summed E-state index contributed by atoms with van der Waals surface area (Å²) >= 11 is 0. The summed E-state index contributed by atoms with van der Waals surface area (Å²) in [4.78, 5) is 0. The van der Waals surface area contributed by atoms with Gasteiger partial charge in [-0.15, -0.1) is 0 Å². The van der Waals surface area contributed by atoms with E-state index in [0.29, 0.717) is 6.61 Å². The lowest BCUT2D eigenvalue weighted by Gasteiger charge is -2.10. The molecule has 0 amide bonds. The summed E-state index contributed by atoms with van der Waals surface area (Å²) in [5, 5.41) is 8.47. The highest BCUT2D eigenvalue weighted by Gasteiger charge is 2.06. The third-order valence-corrected chi connectivity index (χ3v) is 2.20. The van der Waals surface area contributed by atoms with Gasteiger partial charge in [-0.05, 0) is 24.6 Å². The zero-order valence-corrected chi connectivity index (χ0v) is 9.86. The second-order valence-electron chi connectivity index (χ2n) is 3.66. The molecule has 17 heavy (non-hydrogen) atoms. The molecule has 0 radical (unpaired) electrons. The fourth-order valence-electron chi connectivity index (χ4n) is 1.29. The molecule has 0 aliphatic heterocycles. The maximum atomic E-state index is 13.5. The van der Waals surface area contributed by atoms with Gasteiger partial charge >= 0.3 is 0 Å². The van der Waals surface area contributed by atoms with Gasteiger partial charge < -0.3 is 20.3 Å². The predicted molar refractivity (Wildman–Crippen MR) is 62.4 cm³/mol. The zero-order valence-electron chi connectivity index (χ0n) is 9.86. The number of nitrogens with two attached hydrogens (primary N) is 1. The van der Waals surface area contributed by atoms with Crippen molar-refractivity contribution in [2.45, 2.75) is 13.0 Å². The molecule has 0 aliphatic rings. The Bertz CT molecular complexity index is 345. The Morgan fingerprint density at radius 2 is 2.12 bits per heavy atom. The first kappa shape index (κ1) is 13.9. The monoisotopic (exact) mass is 243 g/mol. The van der Waals surface area contributed by atoms with E-state index in [9.17, 15) is 4.39 Å². The van der Waals surface area contributed by atoms with Crippen molar-refractivity contribution in [3.8, 4) is 5.75 Å². The highest BCUT2D eigenvalue weighted by Crippen LogP contribution is 2.20. The average Bonchev–Trinajstić information content (AvgIpc) is 2.30. The third-order valence-electron chi connectivity index (χ3n) is 2.20. The van der Waals surface area contributed by atoms with Crippen LogP contribution >= 0.6 is 0 Å². The highest BCUT2D eigenvalue weighted by atomic mass is 19.1. The Hall–Kier alpha value is -1.17. The van der Waals surface area contributed by atoms with Crippen LogP contribution in [0.25, 0.3) is 0 Å². The van der Waals surface area contributed by atoms with E-state index in [1.807, 2.05) is 0 Å². The van der Waals surface area contributed by atoms with Crippen molar-refractivity contribution in [2.24, 2.45) is 5.73 Å². The predicted octanol–water partition coefficient (Wildman–Crippen LogP) is 1.23. The van der Waals surface area contributed by atoms with Gasteiger partial charge in [0.05, 0.1) is 19.8 Å². The SMILES string of the molecule is C[C@@H](N)c1ccc(OCCOCCO)c(F)c1. The van der Waals surface area contributed by atoms with Crippen molar-refractivity contribution in [1.29, 1.82) is 0 Å². The molecule has 0 unspecified atom stereocenters. The summed E-state index contributed by atoms with van der Waals surface area (Å²) < 4.78 is 23.7. The molecule has 1 rings (SSSR count). The largest absolute Gasteiger partial charge is 0.488 e. The first-order chi connectivity index (χ1) is 8.15. The molecular formula is C12H18FNO3. The normalized spacial score (nSPS) is 12.5. The van der Waals surface area contributed by atoms with Crippen molar-refractivity contribution >= 4 is 0 Å². The standard InChI is InChI=1S/C12H18FNO3/c1-9(14)10-2-3-12(11(13)8-10)17-7-6-16-5-4-15/h2-3,8-9,15H,4-7,14H2,1H3/t9-/m1/s1. The van der Waals surface area contributed by atoms with Crippen molar-refractivity contribution in [2.75, 3.05) is 26.4 Å². The Labute approximate surface area is 100 Å². The van der Waals surface area contributed by atoms with Gasteiger partial charge in [-0.3, -0.25) is 0 Å². The quantitative estimate of drug-likeness (QED) is 0.707. The van der Waals surface area contributed by atoms with E-state index in [4.69, 9.17) is 20.3 Å². The van der Waals surface area contributed by atoms with Crippen molar-refractivity contribution in [3.63, 3.8) is 0 Å². The molecular weight excluding hydrogens is 225 g/mol. The van der Waals surface area contributed by atoms with Crippen molar-refractivity contribution in [3.05, 3.63) is 29.6 Å². The van der Waals surface area contributed by atoms with Gasteiger partial charge in [-0.2, -0.15) is 0 Å². The van der Waals surface area contributed by atoms with Crippen LogP contribution in [-0.4, -0.2) is 31.5 Å². The topological polar surface area (TPSA) is 64.7 Å². The van der Waals surface area contributed by atoms with Crippen molar-refractivity contribution in [1.82, 2.24) is 0 Å². The fourth-order valence-corrected chi connectivity index (χ4v) is 1.29. The minimum atomic E-state index is -0.429. The summed E-state index contributed by atoms with van der Waals surface area (Å²) in [7, 11) is 0. The van der Waals surface area contributed by atoms with Crippen LogP contribution < -0.4 is 10.5 Å². The van der Waals surface area contributed by atoms with Crippen LogP contribution in [-0.2, 0) is 4.74 Å². The molecule has 0 fully saturated rings. The van der Waals surface area contributed by atoms with Crippen LogP contribution in [0.15, 0.2) is 18.2 Å². The summed E-state index contributed by atoms with van der Waals surface area (Å²) in [6.07, 6.45) is 0. The molecule has 1 aromatic carbocycles. The number of rotatable bonds is 7. The van der Waals surface area contributed by atoms with E-state index in [1.165, 1.54) is 6.07 Å². The molecule has 0 aromatic heterocycles. The van der Waals surface area contributed by atoms with E-state index in [1.54, 1.807) is 19.1 Å². The second-order valence-corrected chi connectivity index (χ2v) is 3.66. The molecule has 0 bridgehead atoms. The zero-order chi connectivity index (χ0) is 12.7. The van der Waals surface area contributed by atoms with Crippen molar-refractivity contribution < 1.29 is 19.0 Å². The van der Waals surface area contributed by atoms with Gasteiger partial charge in [-0.25, -0.2) is 4.39 Å². The highest BCUT2D eigenvalue weighted by molar-refractivity contribution is 5.30. The number of hydrogen-bond acceptors (Lipinski definition) is 4. The smallest absolute Gasteiger partial charge is 0.165 e. The van der Waals surface area contributed by atoms with Crippen LogP contribution in [0.3, 0.4) is 0 Å². The maximum Gasteiger partial charge on any atom is 0.165 e. The van der Waals surface area contributed by atoms with Gasteiger partial charge in [0.2, 0.25) is 0 Å². The summed E-state index contributed by atoms with van der Waals surface area (Å²) in [6.45, 7) is 2.58. The maximum absolute atomic E-state index is 13.5. The molecule has 0 saturated heterocycles. The van der Waals surface area contributed by atoms with E-state index in [-0.39, 0.29) is 31.6 Å². The molecule has 0 heterocycles. The number of ether oxygens (including phenoxy) is 2. The number of hydrogen-bond donors (Lipinski definition) is 2. The Kier molecular flexibility index (Phi) is 5.90. The second kappa shape index (κ2) is 7.21. The van der Waals surface area contributed by atoms with E-state index in [2.05, 4.69) is 0 Å². The van der Waals surface area contributed by atoms with E-state index < -0.39 is 5.82 Å². The fraction of sp³-hybridized carbons (Fsp3) is 0.500. The number of halogens is 1. The minimum Gasteiger partial charge on any atom is -0.488 e. The first-order valence-corrected chi connectivity index (χ1v) is 5.51. The third kappa shape index (κ3) is 4.68. The molecule has 4 nitrogen and oxygen atoms in total. The number of benzene rings is 1. The van der Waals surface area contributed by atoms with E-state index in [0.717, 1.165) is 5.56 Å². The minimum absolute atomic E-state index is 0.0303. The van der Waals surface area contributed by atoms with Crippen LogP contribution in [0, 0.1) is 5.82 Å². The van der Waals surface area contributed by atoms with Gasteiger partial charge in [0.25, 0.3) is 0 Å². The van der Waals surface area contributed by atoms with Gasteiger partial charge in [0.1, 0.15) is 6.61 Å². The van der Waals surface area contributed by atoms with Crippen LogP contribution in [0.4, 0.5) is 4.39 Å². The Morgan fingerprint density at radius 3 is 2.71 bits per heavy atom. The van der Waals surface area contributed by atoms with Gasteiger partial charge in [0.15, 0.2) is 11.6 Å². The molecule has 3 N–H and O–H groups in total. The molecule has 0 saturated carbocycles. The lowest BCUT2D eigenvalue weighted by atomic mass is 10.1. The number of aliphatic hydroxyl groups excluding tert-OH is 1. The number of aliphatic hydroxyl groups is 1. The van der Waals surface area contributed by atoms with Crippen LogP contribution in [0.2, 0.25) is 0 Å². The van der Waals surface area contributed by atoms with Gasteiger partial charge in [-0.1, -0.05) is 6.07 Å². The molecule has 0 spiro atoms. The summed E-state index contributed by atoms with van der Waals surface area (Å²) in [5.74, 6) is -0.246. The van der Waals surface area contributed by atoms with E-state index >= 15 is 0 Å². The van der Waals surface area contributed by atoms with Crippen LogP contribution in [0.1, 0.15) is 18.5 Å². The lowest BCUT2D eigenvalue weighted by molar-refractivity contribution is 0.0696. The summed E-state index contributed by atoms with van der Waals surface area (Å²) in [6, 6.07) is 4.46. The first-order valence-electron chi connectivity index (χ1n) is 5.51. The summed E-state index contributed by atoms with van der Waals surface area (Å²) in [5.41, 5.74) is 6.36. The Morgan fingerprint density at radius 1 is 1.35 bits per heavy atom. The molecule has 0 aliphatic carbocycles. The molecule has 5 heteroatoms. The lowest BCUT2D eigenvalue weighted by Crippen LogP contribution is -2.10. The Balaban J connectivity index is 2.43. The molecule has 1 atom stereocenters. The van der Waals surface area contributed by atoms with Crippen LogP contribution in [0.5, 0.6) is 5.75 Å². The van der Waals surface area contributed by atoms with Gasteiger partial charge in [0, 0.05) is 6.04 Å².